The fourth-order valence-electron chi connectivity index (χ4n) is 3.29. The number of benzene rings is 3. The lowest BCUT2D eigenvalue weighted by molar-refractivity contribution is 0.304. The van der Waals surface area contributed by atoms with E-state index in [9.17, 15) is 5.11 Å². The second kappa shape index (κ2) is 8.55. The van der Waals surface area contributed by atoms with Gasteiger partial charge in [0.2, 0.25) is 5.95 Å². The van der Waals surface area contributed by atoms with Crippen molar-refractivity contribution in [1.82, 2.24) is 9.97 Å². The van der Waals surface area contributed by atoms with E-state index in [1.165, 1.54) is 0 Å². The van der Waals surface area contributed by atoms with Gasteiger partial charge in [0.15, 0.2) is 0 Å². The first kappa shape index (κ1) is 19.9. The maximum absolute atomic E-state index is 10.7. The Bertz CT molecular complexity index is 1180. The number of aromatic hydroxyl groups is 1. The number of nitrogens with zero attached hydrogens (tertiary/aromatic N) is 2. The number of hydrogen-bond acceptors (Lipinski definition) is 5. The van der Waals surface area contributed by atoms with Crippen molar-refractivity contribution in [3.8, 4) is 33.9 Å². The predicted octanol–water partition coefficient (Wildman–Crippen LogP) is 5.75. The first-order chi connectivity index (χ1) is 14.5. The molecule has 150 valence electrons. The molecule has 6 heteroatoms. The van der Waals surface area contributed by atoms with Crippen LogP contribution < -0.4 is 10.5 Å². The molecule has 0 saturated heterocycles. The van der Waals surface area contributed by atoms with Crippen LogP contribution in [-0.2, 0) is 6.61 Å². The highest BCUT2D eigenvalue weighted by molar-refractivity contribution is 9.10. The van der Waals surface area contributed by atoms with Gasteiger partial charge < -0.3 is 15.6 Å². The molecule has 0 atom stereocenters. The molecular weight excluding hydrogens is 442 g/mol. The Balaban J connectivity index is 1.67. The third-order valence-corrected chi connectivity index (χ3v) is 5.24. The molecule has 0 aliphatic rings. The van der Waals surface area contributed by atoms with Crippen LogP contribution in [0.2, 0.25) is 0 Å². The van der Waals surface area contributed by atoms with Gasteiger partial charge in [0.05, 0.1) is 11.4 Å². The second-order valence-electron chi connectivity index (χ2n) is 6.85. The van der Waals surface area contributed by atoms with Crippen molar-refractivity contribution >= 4 is 21.9 Å². The first-order valence-electron chi connectivity index (χ1n) is 9.41. The molecule has 0 radical (unpaired) electrons. The highest BCUT2D eigenvalue weighted by atomic mass is 79.9. The number of anilines is 1. The number of aryl methyl sites for hydroxylation is 1. The summed E-state index contributed by atoms with van der Waals surface area (Å²) in [6.45, 7) is 2.29. The molecule has 0 aliphatic heterocycles. The maximum Gasteiger partial charge on any atom is 0.220 e. The van der Waals surface area contributed by atoms with E-state index in [1.807, 2.05) is 67.6 Å². The van der Waals surface area contributed by atoms with E-state index in [0.29, 0.717) is 23.6 Å². The highest BCUT2D eigenvalue weighted by Crippen LogP contribution is 2.38. The molecular formula is C24H20BrN3O2. The lowest BCUT2D eigenvalue weighted by atomic mass is 9.97. The molecule has 0 aliphatic carbocycles. The van der Waals surface area contributed by atoms with Gasteiger partial charge in [-0.1, -0.05) is 58.4 Å². The number of aromatic nitrogens is 2. The Labute approximate surface area is 183 Å². The molecule has 0 unspecified atom stereocenters. The number of halogens is 1. The molecule has 0 bridgehead atoms. The molecule has 3 aromatic carbocycles. The minimum absolute atomic E-state index is 0.0676. The summed E-state index contributed by atoms with van der Waals surface area (Å²) in [4.78, 5) is 8.74. The van der Waals surface area contributed by atoms with Gasteiger partial charge in [-0.2, -0.15) is 0 Å². The van der Waals surface area contributed by atoms with Gasteiger partial charge in [0.1, 0.15) is 18.1 Å². The summed E-state index contributed by atoms with van der Waals surface area (Å²) in [6, 6.07) is 22.9. The van der Waals surface area contributed by atoms with Crippen molar-refractivity contribution in [2.75, 3.05) is 5.73 Å². The third-order valence-electron chi connectivity index (χ3n) is 4.71. The van der Waals surface area contributed by atoms with Crippen LogP contribution in [0.5, 0.6) is 11.5 Å². The average molecular weight is 462 g/mol. The van der Waals surface area contributed by atoms with Crippen molar-refractivity contribution in [2.24, 2.45) is 0 Å². The molecule has 0 fully saturated rings. The molecule has 0 saturated carbocycles. The number of ether oxygens (including phenoxy) is 1. The summed E-state index contributed by atoms with van der Waals surface area (Å²) in [5.41, 5.74) is 10.7. The van der Waals surface area contributed by atoms with Crippen molar-refractivity contribution in [2.45, 2.75) is 13.5 Å². The Morgan fingerprint density at radius 2 is 1.70 bits per heavy atom. The fourth-order valence-corrected chi connectivity index (χ4v) is 3.55. The van der Waals surface area contributed by atoms with E-state index in [-0.39, 0.29) is 11.7 Å². The predicted molar refractivity (Wildman–Crippen MR) is 122 cm³/mol. The number of phenolic OH excluding ortho intramolecular Hbond substituents is 1. The second-order valence-corrected chi connectivity index (χ2v) is 7.77. The summed E-state index contributed by atoms with van der Waals surface area (Å²) < 4.78 is 6.85. The van der Waals surface area contributed by atoms with Gasteiger partial charge in [-0.25, -0.2) is 9.97 Å². The quantitative estimate of drug-likeness (QED) is 0.395. The summed E-state index contributed by atoms with van der Waals surface area (Å²) in [5.74, 6) is 0.800. The lowest BCUT2D eigenvalue weighted by Crippen LogP contribution is -2.02. The van der Waals surface area contributed by atoms with Crippen molar-refractivity contribution < 1.29 is 9.84 Å². The minimum atomic E-state index is 0.0676. The normalized spacial score (nSPS) is 10.7. The van der Waals surface area contributed by atoms with E-state index in [2.05, 4.69) is 25.9 Å². The minimum Gasteiger partial charge on any atom is -0.507 e. The zero-order chi connectivity index (χ0) is 21.1. The van der Waals surface area contributed by atoms with E-state index in [1.54, 1.807) is 12.1 Å². The van der Waals surface area contributed by atoms with Gasteiger partial charge in [0, 0.05) is 21.7 Å². The molecule has 3 N–H and O–H groups in total. The molecule has 0 spiro atoms. The van der Waals surface area contributed by atoms with Crippen molar-refractivity contribution in [1.29, 1.82) is 0 Å². The number of hydrogen-bond donors (Lipinski definition) is 2. The molecule has 0 amide bonds. The van der Waals surface area contributed by atoms with Crippen LogP contribution in [0, 0.1) is 6.92 Å². The van der Waals surface area contributed by atoms with Crippen molar-refractivity contribution in [3.63, 3.8) is 0 Å². The van der Waals surface area contributed by atoms with Gasteiger partial charge in [-0.05, 0) is 42.3 Å². The topological polar surface area (TPSA) is 81.3 Å². The standard InChI is InChI=1S/C24H20BrN3O2/c1-15-22(17-5-3-2-4-6-17)23(28-24(26)27-15)20-12-11-19(13-21(20)29)30-14-16-7-9-18(25)10-8-16/h2-13,29H,14H2,1H3,(H2,26,27,28). The Hall–Kier alpha value is -3.38. The van der Waals surface area contributed by atoms with Crippen molar-refractivity contribution in [3.05, 3.63) is 88.5 Å². The van der Waals surface area contributed by atoms with E-state index >= 15 is 0 Å². The Morgan fingerprint density at radius 1 is 0.967 bits per heavy atom. The zero-order valence-corrected chi connectivity index (χ0v) is 17.9. The van der Waals surface area contributed by atoms with Gasteiger partial charge in [0.25, 0.3) is 0 Å². The SMILES string of the molecule is Cc1nc(N)nc(-c2ccc(OCc3ccc(Br)cc3)cc2O)c1-c1ccccc1. The zero-order valence-electron chi connectivity index (χ0n) is 16.3. The smallest absolute Gasteiger partial charge is 0.220 e. The van der Waals surface area contributed by atoms with E-state index < -0.39 is 0 Å². The van der Waals surface area contributed by atoms with Crippen LogP contribution in [0.4, 0.5) is 5.95 Å². The van der Waals surface area contributed by atoms with Crippen LogP contribution >= 0.6 is 15.9 Å². The largest absolute Gasteiger partial charge is 0.507 e. The van der Waals surface area contributed by atoms with Gasteiger partial charge >= 0.3 is 0 Å². The van der Waals surface area contributed by atoms with Crippen LogP contribution in [0.15, 0.2) is 77.3 Å². The summed E-state index contributed by atoms with van der Waals surface area (Å²) in [7, 11) is 0. The molecule has 5 nitrogen and oxygen atoms in total. The van der Waals surface area contributed by atoms with E-state index in [0.717, 1.165) is 26.9 Å². The molecule has 30 heavy (non-hydrogen) atoms. The highest BCUT2D eigenvalue weighted by Gasteiger charge is 2.17. The molecule has 1 aromatic heterocycles. The Morgan fingerprint density at radius 3 is 2.40 bits per heavy atom. The fraction of sp³-hybridized carbons (Fsp3) is 0.0833. The Kier molecular flexibility index (Phi) is 5.68. The summed E-state index contributed by atoms with van der Waals surface area (Å²) >= 11 is 3.42. The average Bonchev–Trinajstić information content (AvgIpc) is 2.73. The van der Waals surface area contributed by atoms with Crippen LogP contribution in [0.25, 0.3) is 22.4 Å². The maximum atomic E-state index is 10.7. The molecule has 1 heterocycles. The first-order valence-corrected chi connectivity index (χ1v) is 10.2. The van der Waals surface area contributed by atoms with Gasteiger partial charge in [-0.15, -0.1) is 0 Å². The molecule has 4 aromatic rings. The molecule has 4 rings (SSSR count). The van der Waals surface area contributed by atoms with Crippen LogP contribution in [-0.4, -0.2) is 15.1 Å². The van der Waals surface area contributed by atoms with Gasteiger partial charge in [-0.3, -0.25) is 0 Å². The van der Waals surface area contributed by atoms with E-state index in [4.69, 9.17) is 10.5 Å². The van der Waals surface area contributed by atoms with Crippen LogP contribution in [0.1, 0.15) is 11.3 Å². The summed E-state index contributed by atoms with van der Waals surface area (Å²) in [6.07, 6.45) is 0. The lowest BCUT2D eigenvalue weighted by Gasteiger charge is -2.15. The number of rotatable bonds is 5. The number of nitrogens with two attached hydrogens (primary N) is 1. The number of phenols is 1. The third kappa shape index (κ3) is 4.28. The van der Waals surface area contributed by atoms with Crippen LogP contribution in [0.3, 0.4) is 0 Å². The monoisotopic (exact) mass is 461 g/mol. The summed E-state index contributed by atoms with van der Waals surface area (Å²) in [5, 5.41) is 10.7. The number of nitrogen functional groups attached to an aromatic ring is 1.